The second-order valence-electron chi connectivity index (χ2n) is 18.7. The molecule has 0 bridgehead atoms. The number of nitrogens with zero attached hydrogens (tertiary/aromatic N) is 6. The van der Waals surface area contributed by atoms with Crippen molar-refractivity contribution in [2.45, 2.75) is 0 Å². The van der Waals surface area contributed by atoms with Crippen molar-refractivity contribution >= 4 is 130 Å². The fourth-order valence-corrected chi connectivity index (χ4v) is 9.11. The number of rotatable bonds is 26. The molecule has 0 radical (unpaired) electrons. The zero-order chi connectivity index (χ0) is 58.8. The summed E-state index contributed by atoms with van der Waals surface area (Å²) in [5.41, 5.74) is 1.91. The molecule has 3 aromatic carbocycles. The van der Waals surface area contributed by atoms with Gasteiger partial charge in [0.25, 0.3) is 52.9 Å². The molecule has 0 spiro atoms. The van der Waals surface area contributed by atoms with Gasteiger partial charge in [-0.1, -0.05) is 12.1 Å². The van der Waals surface area contributed by atoms with E-state index in [2.05, 4.69) is 53.2 Å². The maximum atomic E-state index is 14.2. The van der Waals surface area contributed by atoms with Gasteiger partial charge in [0, 0.05) is 140 Å². The molecule has 8 rings (SSSR count). The molecule has 0 saturated carbocycles. The minimum atomic E-state index is -0.910. The Hall–Kier alpha value is -10.2. The van der Waals surface area contributed by atoms with Gasteiger partial charge in [0.15, 0.2) is 0 Å². The van der Waals surface area contributed by atoms with Crippen molar-refractivity contribution in [3.05, 3.63) is 153 Å². The molecule has 84 heavy (non-hydrogen) atoms. The smallest absolute Gasteiger partial charge is 0.272 e. The summed E-state index contributed by atoms with van der Waals surface area (Å²) in [4.78, 5) is 141. The normalized spacial score (nSPS) is 11.4. The molecule has 28 nitrogen and oxygen atoms in total. The lowest BCUT2D eigenvalue weighted by Gasteiger charge is -2.27. The predicted octanol–water partition coefficient (Wildman–Crippen LogP) is 2.89. The summed E-state index contributed by atoms with van der Waals surface area (Å²) >= 11 is 0. The highest BCUT2D eigenvalue weighted by Crippen LogP contribution is 2.36. The van der Waals surface area contributed by atoms with Crippen molar-refractivity contribution in [2.24, 2.45) is 28.2 Å². The number of hydrogen-bond donors (Lipinski definition) is 10. The number of halogens is 2. The molecule has 10 N–H and O–H groups in total. The average Bonchev–Trinajstić information content (AvgIpc) is 4.01. The van der Waals surface area contributed by atoms with Gasteiger partial charge < -0.3 is 71.4 Å². The number of carbonyl (C=O) groups is 10. The fourth-order valence-electron chi connectivity index (χ4n) is 9.11. The maximum Gasteiger partial charge on any atom is 0.272 e. The van der Waals surface area contributed by atoms with Crippen LogP contribution in [0.25, 0.3) is 10.8 Å². The molecule has 7 aromatic rings. The maximum absolute atomic E-state index is 14.2. The van der Waals surface area contributed by atoms with Crippen molar-refractivity contribution in [3.63, 3.8) is 0 Å². The molecule has 0 unspecified atom stereocenters. The lowest BCUT2D eigenvalue weighted by Crippen LogP contribution is -2.41. The van der Waals surface area contributed by atoms with Gasteiger partial charge in [-0.3, -0.25) is 58.1 Å². The number of benzene rings is 3. The van der Waals surface area contributed by atoms with Crippen LogP contribution < -0.4 is 58.1 Å². The Bertz CT molecular complexity index is 3570. The van der Waals surface area contributed by atoms with Crippen LogP contribution in [0.4, 0.5) is 34.1 Å². The SMILES string of the molecule is Cl.Cl.Cn1cc(NC(=O)c2cc(NC=O)cn2C)cc1C(=O)NCCNCCNC(=O)c1cc(C(=O)NCCNCCNC(=O)c2cc(NC(=O)c3cc(NC=O)cn3C)cn2C)cc(N2C(=O)c3cccc4cc([N+](=O)[O-])cc(c34)C2=O)c1. The number of carbonyl (C=O) groups excluding carboxylic acids is 10. The third kappa shape index (κ3) is 14.5. The Kier molecular flexibility index (Phi) is 21.0. The summed E-state index contributed by atoms with van der Waals surface area (Å²) in [6.45, 7) is 1.50. The van der Waals surface area contributed by atoms with E-state index < -0.39 is 52.2 Å². The van der Waals surface area contributed by atoms with Gasteiger partial charge in [-0.05, 0) is 53.9 Å². The van der Waals surface area contributed by atoms with Gasteiger partial charge in [-0.15, -0.1) is 24.8 Å². The monoisotopic (exact) mass is 1190 g/mol. The van der Waals surface area contributed by atoms with Crippen LogP contribution >= 0.6 is 24.8 Å². The van der Waals surface area contributed by atoms with Crippen LogP contribution in [0.15, 0.2) is 97.6 Å². The summed E-state index contributed by atoms with van der Waals surface area (Å²) in [7, 11) is 6.58. The quantitative estimate of drug-likeness (QED) is 0.0123. The summed E-state index contributed by atoms with van der Waals surface area (Å²) in [6, 6.07) is 16.7. The van der Waals surface area contributed by atoms with E-state index in [0.717, 1.165) is 11.0 Å². The summed E-state index contributed by atoms with van der Waals surface area (Å²) < 4.78 is 6.18. The summed E-state index contributed by atoms with van der Waals surface area (Å²) in [5.74, 6) is -4.79. The van der Waals surface area contributed by atoms with E-state index in [1.165, 1.54) is 60.7 Å². The lowest BCUT2D eigenvalue weighted by atomic mass is 9.92. The van der Waals surface area contributed by atoms with E-state index in [9.17, 15) is 58.1 Å². The first kappa shape index (κ1) is 63.0. The van der Waals surface area contributed by atoms with E-state index in [-0.39, 0.29) is 139 Å². The molecule has 0 aliphatic carbocycles. The first-order valence-electron chi connectivity index (χ1n) is 25.3. The van der Waals surface area contributed by atoms with E-state index >= 15 is 0 Å². The van der Waals surface area contributed by atoms with Gasteiger partial charge >= 0.3 is 0 Å². The number of nitro benzene ring substituents is 1. The minimum absolute atomic E-state index is 0. The molecular weight excluding hydrogens is 1140 g/mol. The van der Waals surface area contributed by atoms with Gasteiger partial charge in [-0.25, -0.2) is 4.90 Å². The van der Waals surface area contributed by atoms with Crippen molar-refractivity contribution in [2.75, 3.05) is 78.5 Å². The minimum Gasteiger partial charge on any atom is -0.351 e. The third-order valence-corrected chi connectivity index (χ3v) is 13.0. The molecule has 5 heterocycles. The summed E-state index contributed by atoms with van der Waals surface area (Å²) in [6.07, 6.45) is 7.30. The lowest BCUT2D eigenvalue weighted by molar-refractivity contribution is -0.384. The van der Waals surface area contributed by atoms with Crippen LogP contribution in [-0.2, 0) is 37.8 Å². The van der Waals surface area contributed by atoms with Crippen LogP contribution in [-0.4, -0.2) is 136 Å². The molecule has 10 amide bonds. The van der Waals surface area contributed by atoms with Crippen LogP contribution in [0, 0.1) is 10.1 Å². The first-order chi connectivity index (χ1) is 39.3. The van der Waals surface area contributed by atoms with E-state index in [1.54, 1.807) is 77.3 Å². The second kappa shape index (κ2) is 28.0. The third-order valence-electron chi connectivity index (χ3n) is 13.0. The number of hydrogen-bond acceptors (Lipinski definition) is 14. The van der Waals surface area contributed by atoms with E-state index in [0.29, 0.717) is 41.0 Å². The molecule has 1 aliphatic heterocycles. The number of aromatic nitrogens is 4. The molecule has 1 aliphatic rings. The standard InChI is InChI=1S/C54H56N16O12.2ClH/c1-65-25-34(61-29-71)20-44(65)51(77)63-36-22-42(67(3)27-36)49(75)59-14-10-55-8-12-57-47(73)32-16-33(19-38(18-32)69-53(79)40-7-5-6-31-17-39(70(81)82)24-41(46(31)40)54(69)80)48(74)58-13-9-56-11-15-60-50(76)43-23-37(28-68(43)4)64-52(78)45-21-35(62-30-72)26-66(45)2;;/h5-7,16-30,55-56H,8-15H2,1-4H3,(H,57,73)(H,58,74)(H,59,75)(H,60,76)(H,61,71)(H,62,72)(H,63,77)(H,64,78);2*1H. The van der Waals surface area contributed by atoms with Gasteiger partial charge in [-0.2, -0.15) is 0 Å². The Morgan fingerprint density at radius 2 is 0.881 bits per heavy atom. The number of aryl methyl sites for hydroxylation is 4. The van der Waals surface area contributed by atoms with Crippen LogP contribution in [0.3, 0.4) is 0 Å². The van der Waals surface area contributed by atoms with Crippen molar-refractivity contribution in [1.29, 1.82) is 0 Å². The molecule has 4 aromatic heterocycles. The predicted molar refractivity (Wildman–Crippen MR) is 315 cm³/mol. The van der Waals surface area contributed by atoms with Crippen LogP contribution in [0.2, 0.25) is 0 Å². The molecule has 0 atom stereocenters. The largest absolute Gasteiger partial charge is 0.351 e. The zero-order valence-corrected chi connectivity index (χ0v) is 47.1. The van der Waals surface area contributed by atoms with Crippen molar-refractivity contribution < 1.29 is 52.9 Å². The first-order valence-corrected chi connectivity index (χ1v) is 25.3. The second-order valence-corrected chi connectivity index (χ2v) is 18.7. The number of imide groups is 1. The molecule has 30 heteroatoms. The highest BCUT2D eigenvalue weighted by molar-refractivity contribution is 6.36. The van der Waals surface area contributed by atoms with Gasteiger partial charge in [0.05, 0.1) is 38.9 Å². The van der Waals surface area contributed by atoms with Gasteiger partial charge in [0.1, 0.15) is 22.8 Å². The van der Waals surface area contributed by atoms with E-state index in [4.69, 9.17) is 0 Å². The molecule has 440 valence electrons. The van der Waals surface area contributed by atoms with Crippen molar-refractivity contribution in [3.8, 4) is 0 Å². The summed E-state index contributed by atoms with van der Waals surface area (Å²) in [5, 5.41) is 40.1. The topological polar surface area (TPSA) is 357 Å². The Morgan fingerprint density at radius 1 is 0.488 bits per heavy atom. The zero-order valence-electron chi connectivity index (χ0n) is 45.4. The Morgan fingerprint density at radius 3 is 1.31 bits per heavy atom. The number of nitro groups is 1. The number of nitrogens with one attached hydrogen (secondary N) is 10. The average molecular weight is 1190 g/mol. The number of amides is 10. The highest BCUT2D eigenvalue weighted by Gasteiger charge is 2.36. The van der Waals surface area contributed by atoms with Gasteiger partial charge in [0.2, 0.25) is 12.8 Å². The fraction of sp³-hybridized carbons (Fsp3) is 0.222. The molecule has 0 fully saturated rings. The van der Waals surface area contributed by atoms with Crippen LogP contribution in [0.5, 0.6) is 0 Å². The Balaban J connectivity index is 0.00000566. The number of non-ortho nitro benzene ring substituents is 1. The van der Waals surface area contributed by atoms with E-state index in [1.807, 2.05) is 0 Å². The van der Waals surface area contributed by atoms with Crippen molar-refractivity contribution in [1.82, 2.24) is 50.2 Å². The Labute approximate surface area is 490 Å². The molecular formula is C54H58Cl2N16O12. The highest BCUT2D eigenvalue weighted by atomic mass is 35.5. The molecule has 0 saturated heterocycles. The van der Waals surface area contributed by atoms with Crippen LogP contribution in [0.1, 0.15) is 83.4 Å². The number of anilines is 5.